The summed E-state index contributed by atoms with van der Waals surface area (Å²) in [4.78, 5) is 0. The number of rotatable bonds is 6. The van der Waals surface area contributed by atoms with Crippen LogP contribution >= 0.6 is 0 Å². The van der Waals surface area contributed by atoms with Gasteiger partial charge in [0, 0.05) is 5.69 Å². The Kier molecular flexibility index (Phi) is 5.32. The van der Waals surface area contributed by atoms with E-state index in [1.54, 1.807) is 6.07 Å². The van der Waals surface area contributed by atoms with E-state index in [1.807, 2.05) is 0 Å². The first-order valence-corrected chi connectivity index (χ1v) is 11.5. The second kappa shape index (κ2) is 7.72. The summed E-state index contributed by atoms with van der Waals surface area (Å²) in [7, 11) is -3.55. The normalized spacial score (nSPS) is 18.0. The minimum atomic E-state index is -3.55. The predicted octanol–water partition coefficient (Wildman–Crippen LogP) is 3.64. The van der Waals surface area contributed by atoms with Crippen LogP contribution in [-0.4, -0.2) is 18.2 Å². The van der Waals surface area contributed by atoms with Gasteiger partial charge in [-0.05, 0) is 61.8 Å². The van der Waals surface area contributed by atoms with Crippen LogP contribution in [0, 0.1) is 5.82 Å². The number of benzene rings is 1. The molecular weight excluding hydrogens is 365 g/mol. The monoisotopic (exact) mass is 391 g/mol. The maximum Gasteiger partial charge on any atom is 0.216 e. The Morgan fingerprint density at radius 2 is 1.93 bits per heavy atom. The summed E-state index contributed by atoms with van der Waals surface area (Å²) >= 11 is 0. The smallest absolute Gasteiger partial charge is 0.216 e. The van der Waals surface area contributed by atoms with Gasteiger partial charge in [0.1, 0.15) is 5.82 Å². The van der Waals surface area contributed by atoms with Crippen molar-refractivity contribution >= 4 is 10.0 Å². The molecule has 1 fully saturated rings. The summed E-state index contributed by atoms with van der Waals surface area (Å²) in [5.74, 6) is -0.650. The van der Waals surface area contributed by atoms with Gasteiger partial charge in [-0.1, -0.05) is 25.0 Å². The molecule has 1 saturated carbocycles. The van der Waals surface area contributed by atoms with Crippen LogP contribution in [0.3, 0.4) is 0 Å². The zero-order chi connectivity index (χ0) is 18.9. The zero-order valence-corrected chi connectivity index (χ0v) is 16.3. The molecule has 2 aromatic rings. The lowest BCUT2D eigenvalue weighted by atomic mass is 9.95. The molecule has 1 aromatic carbocycles. The molecule has 1 heterocycles. The molecule has 0 unspecified atom stereocenters. The fourth-order valence-electron chi connectivity index (χ4n) is 4.37. The first-order valence-electron chi connectivity index (χ1n) is 9.83. The van der Waals surface area contributed by atoms with Crippen LogP contribution in [0.1, 0.15) is 67.1 Å². The fourth-order valence-corrected chi connectivity index (χ4v) is 5.45. The molecule has 0 spiro atoms. The van der Waals surface area contributed by atoms with Gasteiger partial charge in [0.15, 0.2) is 0 Å². The van der Waals surface area contributed by atoms with Gasteiger partial charge in [0.25, 0.3) is 0 Å². The van der Waals surface area contributed by atoms with Crippen molar-refractivity contribution in [2.24, 2.45) is 0 Å². The average molecular weight is 392 g/mol. The van der Waals surface area contributed by atoms with Crippen molar-refractivity contribution in [3.05, 3.63) is 52.6 Å². The molecule has 0 amide bonds. The highest BCUT2D eigenvalue weighted by Gasteiger charge is 2.27. The standard InChI is InChI=1S/C20H26FN3O2S/c21-16-7-5-6-15(12-16)14-27(25,26)22-13-19-18-10-3-4-11-20(18)24(23-19)17-8-1-2-9-17/h5-7,12,17,22H,1-4,8-11,13-14H2. The largest absolute Gasteiger partial charge is 0.266 e. The highest BCUT2D eigenvalue weighted by atomic mass is 32.2. The van der Waals surface area contributed by atoms with Gasteiger partial charge in [-0.2, -0.15) is 5.10 Å². The van der Waals surface area contributed by atoms with Crippen molar-refractivity contribution in [1.82, 2.24) is 14.5 Å². The molecule has 2 aliphatic rings. The SMILES string of the molecule is O=S(=O)(Cc1cccc(F)c1)NCc1nn(C2CCCC2)c2c1CCCC2. The minimum absolute atomic E-state index is 0.208. The molecule has 27 heavy (non-hydrogen) atoms. The van der Waals surface area contributed by atoms with E-state index in [-0.39, 0.29) is 12.3 Å². The molecule has 146 valence electrons. The molecule has 1 N–H and O–H groups in total. The molecule has 5 nitrogen and oxygen atoms in total. The van der Waals surface area contributed by atoms with Crippen molar-refractivity contribution < 1.29 is 12.8 Å². The predicted molar refractivity (Wildman–Crippen MR) is 102 cm³/mol. The Hall–Kier alpha value is -1.73. The van der Waals surface area contributed by atoms with Crippen LogP contribution in [0.25, 0.3) is 0 Å². The molecule has 0 aliphatic heterocycles. The van der Waals surface area contributed by atoms with E-state index in [2.05, 4.69) is 9.40 Å². The lowest BCUT2D eigenvalue weighted by molar-refractivity contribution is 0.439. The number of hydrogen-bond acceptors (Lipinski definition) is 3. The summed E-state index contributed by atoms with van der Waals surface area (Å²) in [6, 6.07) is 6.19. The van der Waals surface area contributed by atoms with Gasteiger partial charge >= 0.3 is 0 Å². The molecule has 0 saturated heterocycles. The third-order valence-corrected chi connectivity index (χ3v) is 6.97. The second-order valence-corrected chi connectivity index (χ2v) is 9.48. The van der Waals surface area contributed by atoms with Gasteiger partial charge in [-0.15, -0.1) is 0 Å². The van der Waals surface area contributed by atoms with Crippen molar-refractivity contribution in [2.45, 2.75) is 69.7 Å². The van der Waals surface area contributed by atoms with E-state index >= 15 is 0 Å². The van der Waals surface area contributed by atoms with Crippen LogP contribution in [0.15, 0.2) is 24.3 Å². The highest BCUT2D eigenvalue weighted by Crippen LogP contribution is 2.34. The van der Waals surface area contributed by atoms with Gasteiger partial charge in [0.05, 0.1) is 24.0 Å². The second-order valence-electron chi connectivity index (χ2n) is 7.67. The van der Waals surface area contributed by atoms with E-state index in [1.165, 1.54) is 61.6 Å². The summed E-state index contributed by atoms with van der Waals surface area (Å²) in [6.07, 6.45) is 9.14. The van der Waals surface area contributed by atoms with Gasteiger partial charge in [0.2, 0.25) is 10.0 Å². The van der Waals surface area contributed by atoms with Crippen LogP contribution in [-0.2, 0) is 35.2 Å². The molecule has 4 rings (SSSR count). The lowest BCUT2D eigenvalue weighted by Gasteiger charge is -2.18. The molecular formula is C20H26FN3O2S. The number of nitrogens with one attached hydrogen (secondary N) is 1. The number of hydrogen-bond donors (Lipinski definition) is 1. The van der Waals surface area contributed by atoms with Crippen LogP contribution in [0.4, 0.5) is 4.39 Å². The van der Waals surface area contributed by atoms with E-state index < -0.39 is 15.8 Å². The van der Waals surface area contributed by atoms with Gasteiger partial charge in [-0.25, -0.2) is 17.5 Å². The van der Waals surface area contributed by atoms with Gasteiger partial charge < -0.3 is 0 Å². The molecule has 0 bridgehead atoms. The van der Waals surface area contributed by atoms with E-state index in [4.69, 9.17) is 5.10 Å². The van der Waals surface area contributed by atoms with E-state index in [9.17, 15) is 12.8 Å². The number of sulfonamides is 1. The summed E-state index contributed by atoms with van der Waals surface area (Å²) in [5.41, 5.74) is 3.86. The van der Waals surface area contributed by atoms with Crippen molar-refractivity contribution in [3.63, 3.8) is 0 Å². The highest BCUT2D eigenvalue weighted by molar-refractivity contribution is 7.88. The van der Waals surface area contributed by atoms with E-state index in [0.717, 1.165) is 25.0 Å². The summed E-state index contributed by atoms with van der Waals surface area (Å²) in [5, 5.41) is 4.83. The number of aromatic nitrogens is 2. The topological polar surface area (TPSA) is 64.0 Å². The molecule has 0 atom stereocenters. The third kappa shape index (κ3) is 4.24. The third-order valence-electron chi connectivity index (χ3n) is 5.67. The zero-order valence-electron chi connectivity index (χ0n) is 15.5. The molecule has 7 heteroatoms. The lowest BCUT2D eigenvalue weighted by Crippen LogP contribution is -2.25. The summed E-state index contributed by atoms with van der Waals surface area (Å²) in [6.45, 7) is 0.208. The molecule has 2 aliphatic carbocycles. The van der Waals surface area contributed by atoms with Gasteiger partial charge in [-0.3, -0.25) is 4.68 Å². The first kappa shape index (κ1) is 18.6. The number of nitrogens with zero attached hydrogens (tertiary/aromatic N) is 2. The summed E-state index contributed by atoms with van der Waals surface area (Å²) < 4.78 is 43.1. The molecule has 1 aromatic heterocycles. The maximum absolute atomic E-state index is 13.3. The Balaban J connectivity index is 1.50. The van der Waals surface area contributed by atoms with Crippen molar-refractivity contribution in [2.75, 3.05) is 0 Å². The average Bonchev–Trinajstić information content (AvgIpc) is 3.27. The fraction of sp³-hybridized carbons (Fsp3) is 0.550. The van der Waals surface area contributed by atoms with E-state index in [0.29, 0.717) is 11.6 Å². The Bertz CT molecular complexity index is 917. The molecule has 0 radical (unpaired) electrons. The number of halogens is 1. The van der Waals surface area contributed by atoms with Crippen molar-refractivity contribution in [3.8, 4) is 0 Å². The van der Waals surface area contributed by atoms with Crippen LogP contribution < -0.4 is 4.72 Å². The Labute approximate surface area is 160 Å². The quantitative estimate of drug-likeness (QED) is 0.818. The Morgan fingerprint density at radius 3 is 2.70 bits per heavy atom. The van der Waals surface area contributed by atoms with Crippen LogP contribution in [0.5, 0.6) is 0 Å². The van der Waals surface area contributed by atoms with Crippen LogP contribution in [0.2, 0.25) is 0 Å². The maximum atomic E-state index is 13.3. The van der Waals surface area contributed by atoms with Crippen molar-refractivity contribution in [1.29, 1.82) is 0 Å². The minimum Gasteiger partial charge on any atom is -0.266 e. The number of fused-ring (bicyclic) bond motifs is 1. The Morgan fingerprint density at radius 1 is 1.15 bits per heavy atom. The first-order chi connectivity index (χ1) is 13.0.